The Bertz CT molecular complexity index is 975. The van der Waals surface area contributed by atoms with Crippen LogP contribution in [0.2, 0.25) is 10.0 Å². The summed E-state index contributed by atoms with van der Waals surface area (Å²) in [6.07, 6.45) is -1.71. The fraction of sp³-hybridized carbons (Fsp3) is 0.200. The molecule has 0 heterocycles. The summed E-state index contributed by atoms with van der Waals surface area (Å²) in [5.74, 6) is 0.927. The molecule has 2 aromatic rings. The summed E-state index contributed by atoms with van der Waals surface area (Å²) in [5, 5.41) is 12.8. The molecule has 0 spiro atoms. The lowest BCUT2D eigenvalue weighted by molar-refractivity contribution is 0.164. The number of benzene rings is 2. The van der Waals surface area contributed by atoms with E-state index in [-0.39, 0.29) is 11.4 Å². The molecule has 0 bridgehead atoms. The second-order valence-corrected chi connectivity index (χ2v) is 6.87. The fourth-order valence-corrected chi connectivity index (χ4v) is 2.64. The van der Waals surface area contributed by atoms with Crippen molar-refractivity contribution in [2.75, 3.05) is 24.9 Å². The average molecular weight is 483 g/mol. The summed E-state index contributed by atoms with van der Waals surface area (Å²) >= 11 is 12.0. The summed E-state index contributed by atoms with van der Waals surface area (Å²) in [4.78, 5) is 33.3. The summed E-state index contributed by atoms with van der Waals surface area (Å²) in [6.45, 7) is 3.03. The number of anilines is 2. The van der Waals surface area contributed by atoms with E-state index in [0.29, 0.717) is 32.9 Å². The van der Waals surface area contributed by atoms with Gasteiger partial charge in [0.2, 0.25) is 0 Å². The Kier molecular flexibility index (Phi) is 9.11. The molecule has 12 heteroatoms. The zero-order chi connectivity index (χ0) is 23.7. The number of ether oxygens (including phenoxy) is 2. The molecule has 0 fully saturated rings. The lowest BCUT2D eigenvalue weighted by Crippen LogP contribution is -2.16. The summed E-state index contributed by atoms with van der Waals surface area (Å²) < 4.78 is 10.1. The van der Waals surface area contributed by atoms with Crippen LogP contribution in [0.1, 0.15) is 13.8 Å². The van der Waals surface area contributed by atoms with Gasteiger partial charge in [-0.25, -0.2) is 9.59 Å². The van der Waals surface area contributed by atoms with Crippen molar-refractivity contribution in [2.24, 2.45) is 10.3 Å². The first-order valence-electron chi connectivity index (χ1n) is 8.96. The number of oxime groups is 2. The summed E-state index contributed by atoms with van der Waals surface area (Å²) in [5.41, 5.74) is 1.18. The predicted molar refractivity (Wildman–Crippen MR) is 122 cm³/mol. The van der Waals surface area contributed by atoms with Crippen LogP contribution in [-0.4, -0.2) is 37.8 Å². The van der Waals surface area contributed by atoms with Gasteiger partial charge in [-0.15, -0.1) is 0 Å². The molecule has 2 rings (SSSR count). The first-order chi connectivity index (χ1) is 15.2. The second kappa shape index (κ2) is 11.8. The second-order valence-electron chi connectivity index (χ2n) is 6.06. The number of carbonyl (C=O) groups is 2. The minimum Gasteiger partial charge on any atom is -0.495 e. The van der Waals surface area contributed by atoms with Crippen LogP contribution in [-0.2, 0) is 9.68 Å². The van der Waals surface area contributed by atoms with E-state index in [4.69, 9.17) is 42.4 Å². The van der Waals surface area contributed by atoms with Gasteiger partial charge in [0.1, 0.15) is 22.9 Å². The van der Waals surface area contributed by atoms with Gasteiger partial charge in [0.25, 0.3) is 0 Å². The van der Waals surface area contributed by atoms with Gasteiger partial charge in [0.05, 0.1) is 24.3 Å². The molecule has 0 unspecified atom stereocenters. The highest BCUT2D eigenvalue weighted by molar-refractivity contribution is 6.40. The third-order valence-electron chi connectivity index (χ3n) is 3.85. The average Bonchev–Trinajstić information content (AvgIpc) is 2.76. The molecule has 2 N–H and O–H groups in total. The summed E-state index contributed by atoms with van der Waals surface area (Å²) in [6, 6.07) is 9.33. The Morgan fingerprint density at radius 1 is 0.750 bits per heavy atom. The van der Waals surface area contributed by atoms with Crippen molar-refractivity contribution in [3.8, 4) is 11.5 Å². The van der Waals surface area contributed by atoms with E-state index in [1.165, 1.54) is 40.2 Å². The van der Waals surface area contributed by atoms with Crippen LogP contribution in [0.4, 0.5) is 21.0 Å². The van der Waals surface area contributed by atoms with Gasteiger partial charge in [-0.2, -0.15) is 0 Å². The first kappa shape index (κ1) is 24.8. The molecule has 0 aromatic heterocycles. The van der Waals surface area contributed by atoms with Gasteiger partial charge in [-0.3, -0.25) is 20.3 Å². The van der Waals surface area contributed by atoms with Crippen molar-refractivity contribution in [3.05, 3.63) is 46.4 Å². The fourth-order valence-electron chi connectivity index (χ4n) is 2.12. The molecule has 0 radical (unpaired) electrons. The third kappa shape index (κ3) is 7.33. The predicted octanol–water partition coefficient (Wildman–Crippen LogP) is 5.56. The molecule has 0 saturated carbocycles. The van der Waals surface area contributed by atoms with Gasteiger partial charge in [0, 0.05) is 11.4 Å². The molecule has 0 aliphatic heterocycles. The van der Waals surface area contributed by atoms with Crippen molar-refractivity contribution in [1.29, 1.82) is 0 Å². The molecule has 10 nitrogen and oxygen atoms in total. The zero-order valence-electron chi connectivity index (χ0n) is 17.6. The van der Waals surface area contributed by atoms with E-state index in [0.717, 1.165) is 0 Å². The minimum atomic E-state index is -0.853. The van der Waals surface area contributed by atoms with E-state index >= 15 is 0 Å². The van der Waals surface area contributed by atoms with Crippen molar-refractivity contribution in [2.45, 2.75) is 13.8 Å². The van der Waals surface area contributed by atoms with Crippen LogP contribution in [0.5, 0.6) is 11.5 Å². The van der Waals surface area contributed by atoms with Crippen molar-refractivity contribution >= 4 is 58.2 Å². The third-order valence-corrected chi connectivity index (χ3v) is 4.44. The number of halogens is 2. The molecule has 0 aliphatic rings. The largest absolute Gasteiger partial charge is 0.495 e. The van der Waals surface area contributed by atoms with Gasteiger partial charge >= 0.3 is 12.2 Å². The van der Waals surface area contributed by atoms with Crippen LogP contribution in [0.15, 0.2) is 46.7 Å². The number of hydrogen-bond acceptors (Lipinski definition) is 8. The van der Waals surface area contributed by atoms with E-state index < -0.39 is 12.2 Å². The molecule has 32 heavy (non-hydrogen) atoms. The lowest BCUT2D eigenvalue weighted by Gasteiger charge is -2.07. The van der Waals surface area contributed by atoms with Crippen LogP contribution in [0, 0.1) is 0 Å². The van der Waals surface area contributed by atoms with Crippen LogP contribution >= 0.6 is 23.2 Å². The number of rotatable bonds is 7. The maximum atomic E-state index is 11.9. The maximum Gasteiger partial charge on any atom is 0.437 e. The van der Waals surface area contributed by atoms with Gasteiger partial charge in [0.15, 0.2) is 0 Å². The van der Waals surface area contributed by atoms with Gasteiger partial charge < -0.3 is 9.47 Å². The smallest absolute Gasteiger partial charge is 0.437 e. The first-order valence-corrected chi connectivity index (χ1v) is 9.71. The van der Waals surface area contributed by atoms with E-state index in [2.05, 4.69) is 20.9 Å². The molecular weight excluding hydrogens is 463 g/mol. The zero-order valence-corrected chi connectivity index (χ0v) is 19.1. The Labute approximate surface area is 194 Å². The minimum absolute atomic E-state index is 0.202. The van der Waals surface area contributed by atoms with E-state index in [1.807, 2.05) is 0 Å². The molecule has 0 aliphatic carbocycles. The quantitative estimate of drug-likeness (QED) is 0.302. The highest BCUT2D eigenvalue weighted by atomic mass is 35.5. The van der Waals surface area contributed by atoms with Crippen molar-refractivity contribution in [3.63, 3.8) is 0 Å². The maximum absolute atomic E-state index is 11.9. The van der Waals surface area contributed by atoms with Crippen LogP contribution in [0.25, 0.3) is 0 Å². The van der Waals surface area contributed by atoms with E-state index in [1.54, 1.807) is 24.3 Å². The standard InChI is InChI=1S/C20H20Cl2N4O6/c1-11(25-31-19(27)23-13-5-7-17(29-3)15(21)9-13)12(2)26-32-20(28)24-14-6-8-18(30-4)16(22)10-14/h5-10H,1-4H3,(H,23,27)(H,24,28). The lowest BCUT2D eigenvalue weighted by atomic mass is 10.3. The molecule has 2 amide bonds. The Hall–Kier alpha value is -3.50. The molecule has 170 valence electrons. The number of methoxy groups -OCH3 is 2. The van der Waals surface area contributed by atoms with E-state index in [9.17, 15) is 9.59 Å². The normalized spacial score (nSPS) is 11.4. The summed E-state index contributed by atoms with van der Waals surface area (Å²) in [7, 11) is 2.96. The Morgan fingerprint density at radius 2 is 1.12 bits per heavy atom. The van der Waals surface area contributed by atoms with Crippen molar-refractivity contribution < 1.29 is 28.7 Å². The Balaban J connectivity index is 1.87. The topological polar surface area (TPSA) is 120 Å². The number of nitrogens with one attached hydrogen (secondary N) is 2. The van der Waals surface area contributed by atoms with Gasteiger partial charge in [-0.1, -0.05) is 33.5 Å². The number of carbonyl (C=O) groups excluding carboxylic acids is 2. The highest BCUT2D eigenvalue weighted by Gasteiger charge is 2.09. The molecule has 2 aromatic carbocycles. The molecular formula is C20H20Cl2N4O6. The van der Waals surface area contributed by atoms with Gasteiger partial charge in [-0.05, 0) is 50.2 Å². The number of hydrogen-bond donors (Lipinski definition) is 2. The monoisotopic (exact) mass is 482 g/mol. The van der Waals surface area contributed by atoms with Crippen molar-refractivity contribution in [1.82, 2.24) is 0 Å². The number of amides is 2. The highest BCUT2D eigenvalue weighted by Crippen LogP contribution is 2.28. The van der Waals surface area contributed by atoms with Crippen LogP contribution < -0.4 is 20.1 Å². The van der Waals surface area contributed by atoms with Crippen LogP contribution in [0.3, 0.4) is 0 Å². The molecule has 0 atom stereocenters. The Morgan fingerprint density at radius 3 is 1.44 bits per heavy atom. The number of nitrogens with zero attached hydrogens (tertiary/aromatic N) is 2. The SMILES string of the molecule is COc1ccc(NC(=O)ON=C(C)C(C)=NOC(=O)Nc2ccc(OC)c(Cl)c2)cc1Cl. The molecule has 0 saturated heterocycles.